The van der Waals surface area contributed by atoms with Crippen molar-refractivity contribution in [1.82, 2.24) is 13.9 Å². The molecule has 2 aliphatic carbocycles. The summed E-state index contributed by atoms with van der Waals surface area (Å²) in [4.78, 5) is 54.6. The predicted octanol–water partition coefficient (Wildman–Crippen LogP) is 3.29. The fourth-order valence-corrected chi connectivity index (χ4v) is 6.82. The molecule has 0 radical (unpaired) electrons. The molecular formula is C30H29N3O6. The number of carbonyl (C=O) groups is 2. The number of fused-ring (bicyclic) bond motifs is 4. The van der Waals surface area contributed by atoms with Gasteiger partial charge in [0.15, 0.2) is 23.1 Å². The van der Waals surface area contributed by atoms with Crippen LogP contribution in [0.25, 0.3) is 5.69 Å². The molecule has 0 spiro atoms. The van der Waals surface area contributed by atoms with Crippen LogP contribution < -0.4 is 16.1 Å². The van der Waals surface area contributed by atoms with Crippen molar-refractivity contribution in [2.24, 2.45) is 11.3 Å². The van der Waals surface area contributed by atoms with E-state index in [1.54, 1.807) is 43.3 Å². The van der Waals surface area contributed by atoms with Crippen LogP contribution in [0.3, 0.4) is 0 Å². The Morgan fingerprint density at radius 3 is 2.51 bits per heavy atom. The summed E-state index contributed by atoms with van der Waals surface area (Å²) in [5.74, 6) is -1.34. The molecule has 1 aliphatic heterocycles. The van der Waals surface area contributed by atoms with Crippen molar-refractivity contribution in [2.45, 2.75) is 45.7 Å². The maximum Gasteiger partial charge on any atom is 0.352 e. The summed E-state index contributed by atoms with van der Waals surface area (Å²) in [7, 11) is 0. The third kappa shape index (κ3) is 3.45. The van der Waals surface area contributed by atoms with E-state index in [1.807, 2.05) is 26.0 Å². The van der Waals surface area contributed by atoms with Crippen molar-refractivity contribution in [3.05, 3.63) is 98.4 Å². The Kier molecular flexibility index (Phi) is 5.64. The second-order valence-electron chi connectivity index (χ2n) is 10.6. The molecular weight excluding hydrogens is 498 g/mol. The number of hydrogen-bond acceptors (Lipinski definition) is 6. The van der Waals surface area contributed by atoms with Gasteiger partial charge in [-0.05, 0) is 67.3 Å². The van der Waals surface area contributed by atoms with E-state index in [9.17, 15) is 24.3 Å². The fourth-order valence-electron chi connectivity index (χ4n) is 6.82. The second-order valence-corrected chi connectivity index (χ2v) is 10.6. The van der Waals surface area contributed by atoms with Gasteiger partial charge in [-0.15, -0.1) is 0 Å². The largest absolute Gasteiger partial charge is 0.504 e. The van der Waals surface area contributed by atoms with Gasteiger partial charge < -0.3 is 9.84 Å². The molecule has 2 heterocycles. The normalized spacial score (nSPS) is 25.8. The van der Waals surface area contributed by atoms with E-state index < -0.39 is 34.7 Å². The number of ketones is 2. The molecule has 0 saturated heterocycles. The van der Waals surface area contributed by atoms with E-state index in [0.29, 0.717) is 23.4 Å². The summed E-state index contributed by atoms with van der Waals surface area (Å²) in [5, 5.41) is 10.4. The van der Waals surface area contributed by atoms with Crippen LogP contribution >= 0.6 is 0 Å². The van der Waals surface area contributed by atoms with Gasteiger partial charge in [-0.2, -0.15) is 0 Å². The molecule has 0 amide bonds. The lowest BCUT2D eigenvalue weighted by Crippen LogP contribution is -2.54. The number of allylic oxidation sites excluding steroid dienone is 4. The number of para-hydroxylation sites is 1. The molecule has 3 aromatic rings. The van der Waals surface area contributed by atoms with Crippen molar-refractivity contribution in [2.75, 3.05) is 6.61 Å². The number of aromatic nitrogens is 3. The smallest absolute Gasteiger partial charge is 0.352 e. The maximum absolute atomic E-state index is 13.9. The predicted molar refractivity (Wildman–Crippen MR) is 143 cm³/mol. The number of ether oxygens (including phenoxy) is 1. The first-order chi connectivity index (χ1) is 18.7. The molecule has 1 N–H and O–H groups in total. The minimum absolute atomic E-state index is 0.0283. The van der Waals surface area contributed by atoms with Gasteiger partial charge in [0.25, 0.3) is 0 Å². The Labute approximate surface area is 224 Å². The van der Waals surface area contributed by atoms with Crippen molar-refractivity contribution in [3.8, 4) is 17.2 Å². The fraction of sp³-hybridized carbons (Fsp3) is 0.333. The number of aromatic hydroxyl groups is 1. The summed E-state index contributed by atoms with van der Waals surface area (Å²) < 4.78 is 9.65. The molecule has 4 unspecified atom stereocenters. The highest BCUT2D eigenvalue weighted by atomic mass is 16.5. The van der Waals surface area contributed by atoms with E-state index >= 15 is 0 Å². The Balaban J connectivity index is 1.59. The van der Waals surface area contributed by atoms with Gasteiger partial charge in [-0.3, -0.25) is 9.59 Å². The van der Waals surface area contributed by atoms with Crippen molar-refractivity contribution >= 4 is 11.6 Å². The lowest BCUT2D eigenvalue weighted by molar-refractivity contribution is -0.139. The summed E-state index contributed by atoms with van der Waals surface area (Å²) >= 11 is 0. The van der Waals surface area contributed by atoms with Gasteiger partial charge in [0.2, 0.25) is 0 Å². The molecule has 6 rings (SSSR count). The van der Waals surface area contributed by atoms with Crippen LogP contribution in [0, 0.1) is 11.3 Å². The minimum Gasteiger partial charge on any atom is -0.504 e. The SMILES string of the molecule is CCOc1cc(C2C3=CCn4c(=O)n(-c5ccccc5)c(=O)n4C3CC3C(=O)C=C(C)C(=O)C32C)ccc1O. The average molecular weight is 528 g/mol. The van der Waals surface area contributed by atoms with Gasteiger partial charge in [-0.1, -0.05) is 37.3 Å². The monoisotopic (exact) mass is 527 g/mol. The standard InChI is InChI=1S/C30H29N3O6/c1-4-39-25-15-18(10-11-23(25)34)26-20-12-13-31-28(37)32(19-8-6-5-7-9-19)29(38)33(31)22(20)16-21-24(35)14-17(2)27(36)30(21,26)3/h5-12,14-15,21-22,26,34H,4,13,16H2,1-3H3. The van der Waals surface area contributed by atoms with Gasteiger partial charge in [0.1, 0.15) is 0 Å². The van der Waals surface area contributed by atoms with Gasteiger partial charge >= 0.3 is 11.4 Å². The first-order valence-electron chi connectivity index (χ1n) is 13.1. The number of phenolic OH excluding ortho intramolecular Hbond substituents is 1. The van der Waals surface area contributed by atoms with Crippen molar-refractivity contribution in [1.29, 1.82) is 0 Å². The Hall–Kier alpha value is -4.40. The van der Waals surface area contributed by atoms with Gasteiger partial charge in [0, 0.05) is 11.8 Å². The molecule has 3 aliphatic rings. The van der Waals surface area contributed by atoms with Crippen LogP contribution in [-0.2, 0) is 16.1 Å². The van der Waals surface area contributed by atoms with Crippen molar-refractivity contribution in [3.63, 3.8) is 0 Å². The number of carbonyl (C=O) groups excluding carboxylic acids is 2. The molecule has 9 heteroatoms. The van der Waals surface area contributed by atoms with E-state index in [0.717, 1.165) is 10.1 Å². The lowest BCUT2D eigenvalue weighted by Gasteiger charge is -2.52. The molecule has 1 saturated carbocycles. The van der Waals surface area contributed by atoms with Crippen molar-refractivity contribution < 1.29 is 19.4 Å². The third-order valence-corrected chi connectivity index (χ3v) is 8.54. The molecule has 2 aromatic carbocycles. The topological polar surface area (TPSA) is 113 Å². The number of Topliss-reactive ketones (excluding diaryl/α,β-unsaturated/α-hetero) is 1. The maximum atomic E-state index is 13.9. The van der Waals surface area contributed by atoms with Crippen LogP contribution in [0.4, 0.5) is 0 Å². The van der Waals surface area contributed by atoms with E-state index in [1.165, 1.54) is 21.5 Å². The first kappa shape index (κ1) is 24.9. The number of phenols is 1. The second kappa shape index (κ2) is 8.83. The summed E-state index contributed by atoms with van der Waals surface area (Å²) in [5.41, 5.74) is 0.275. The average Bonchev–Trinajstić information content (AvgIpc) is 3.18. The van der Waals surface area contributed by atoms with E-state index in [-0.39, 0.29) is 36.0 Å². The number of rotatable bonds is 4. The van der Waals surface area contributed by atoms with E-state index in [4.69, 9.17) is 4.74 Å². The lowest BCUT2D eigenvalue weighted by atomic mass is 9.51. The minimum atomic E-state index is -1.12. The zero-order chi connectivity index (χ0) is 27.6. The quantitative estimate of drug-likeness (QED) is 0.521. The Morgan fingerprint density at radius 1 is 1.05 bits per heavy atom. The Bertz CT molecular complexity index is 1710. The molecule has 39 heavy (non-hydrogen) atoms. The molecule has 200 valence electrons. The van der Waals surface area contributed by atoms with Crippen LogP contribution in [0.5, 0.6) is 11.5 Å². The van der Waals surface area contributed by atoms with E-state index in [2.05, 4.69) is 0 Å². The summed E-state index contributed by atoms with van der Waals surface area (Å²) in [6.07, 6.45) is 3.52. The molecule has 1 aromatic heterocycles. The number of benzene rings is 2. The van der Waals surface area contributed by atoms with Crippen LogP contribution in [0.15, 0.2) is 81.4 Å². The van der Waals surface area contributed by atoms with Crippen LogP contribution in [0.1, 0.15) is 44.7 Å². The van der Waals surface area contributed by atoms with Gasteiger partial charge in [-0.25, -0.2) is 23.5 Å². The van der Waals surface area contributed by atoms with Crippen LogP contribution in [0.2, 0.25) is 0 Å². The highest BCUT2D eigenvalue weighted by Crippen LogP contribution is 2.60. The number of hydrogen-bond donors (Lipinski definition) is 1. The zero-order valence-electron chi connectivity index (χ0n) is 22.0. The first-order valence-corrected chi connectivity index (χ1v) is 13.1. The third-order valence-electron chi connectivity index (χ3n) is 8.54. The van der Waals surface area contributed by atoms with Crippen LogP contribution in [-0.4, -0.2) is 37.2 Å². The molecule has 4 atom stereocenters. The number of nitrogens with zero attached hydrogens (tertiary/aromatic N) is 3. The molecule has 1 fully saturated rings. The Morgan fingerprint density at radius 2 is 1.79 bits per heavy atom. The molecule has 9 nitrogen and oxygen atoms in total. The highest BCUT2D eigenvalue weighted by Gasteiger charge is 2.59. The highest BCUT2D eigenvalue weighted by molar-refractivity contribution is 6.13. The summed E-state index contributed by atoms with van der Waals surface area (Å²) in [6, 6.07) is 13.1. The zero-order valence-corrected chi connectivity index (χ0v) is 22.0. The van der Waals surface area contributed by atoms with Gasteiger partial charge in [0.05, 0.1) is 30.3 Å². The summed E-state index contributed by atoms with van der Waals surface area (Å²) in [6.45, 7) is 5.77. The molecule has 0 bridgehead atoms.